The zero-order valence-corrected chi connectivity index (χ0v) is 12.4. The number of β-amino-alcohol motifs (C(OH)–C–C–N with tert-alkyl or cyclic N) is 1. The number of nitrogens with zero attached hydrogens (tertiary/aromatic N) is 3. The fourth-order valence-corrected chi connectivity index (χ4v) is 4.28. The van der Waals surface area contributed by atoms with Crippen molar-refractivity contribution in [2.45, 2.75) is 49.9 Å². The van der Waals surface area contributed by atoms with Crippen LogP contribution in [0.3, 0.4) is 0 Å². The maximum Gasteiger partial charge on any atom is 0.260 e. The Labute approximate surface area is 118 Å². The first kappa shape index (κ1) is 14.0. The van der Waals surface area contributed by atoms with Crippen LogP contribution in [0.25, 0.3) is 0 Å². The van der Waals surface area contributed by atoms with Crippen molar-refractivity contribution in [2.75, 3.05) is 13.1 Å². The third-order valence-electron chi connectivity index (χ3n) is 3.87. The van der Waals surface area contributed by atoms with E-state index in [1.807, 2.05) is 13.8 Å². The Hall–Kier alpha value is -0.990. The van der Waals surface area contributed by atoms with Crippen LogP contribution in [0.2, 0.25) is 0 Å². The molecular formula is C12H19N3O4S. The third-order valence-corrected chi connectivity index (χ3v) is 6.22. The zero-order chi connectivity index (χ0) is 14.5. The van der Waals surface area contributed by atoms with Crippen molar-refractivity contribution in [2.24, 2.45) is 0 Å². The highest BCUT2D eigenvalue weighted by molar-refractivity contribution is 7.90. The molecule has 1 saturated heterocycles. The summed E-state index contributed by atoms with van der Waals surface area (Å²) in [6.45, 7) is 4.16. The molecule has 2 fully saturated rings. The van der Waals surface area contributed by atoms with Crippen molar-refractivity contribution in [1.82, 2.24) is 14.4 Å². The number of aromatic nitrogens is 2. The molecular weight excluding hydrogens is 282 g/mol. The lowest BCUT2D eigenvalue weighted by atomic mass is 10.0. The van der Waals surface area contributed by atoms with Crippen molar-refractivity contribution in [3.8, 4) is 0 Å². The third kappa shape index (κ3) is 2.25. The van der Waals surface area contributed by atoms with E-state index in [4.69, 9.17) is 4.52 Å². The van der Waals surface area contributed by atoms with Gasteiger partial charge >= 0.3 is 0 Å². The van der Waals surface area contributed by atoms with E-state index >= 15 is 0 Å². The van der Waals surface area contributed by atoms with Gasteiger partial charge in [-0.25, -0.2) is 8.42 Å². The highest BCUT2D eigenvalue weighted by Crippen LogP contribution is 2.38. The van der Waals surface area contributed by atoms with Crippen LogP contribution in [-0.2, 0) is 15.6 Å². The molecule has 0 spiro atoms. The number of hydrogen-bond donors (Lipinski definition) is 1. The summed E-state index contributed by atoms with van der Waals surface area (Å²) in [5.74, 6) is 0.746. The molecule has 1 aromatic heterocycles. The second kappa shape index (κ2) is 4.51. The SMILES string of the molecule is CC(C)c1noc(C2(O)CCN(S(=O)(=O)C3CC3)C2)n1. The van der Waals surface area contributed by atoms with E-state index in [-0.39, 0.29) is 23.6 Å². The maximum absolute atomic E-state index is 12.2. The summed E-state index contributed by atoms with van der Waals surface area (Å²) in [6, 6.07) is 0. The van der Waals surface area contributed by atoms with Gasteiger partial charge in [-0.2, -0.15) is 9.29 Å². The van der Waals surface area contributed by atoms with E-state index in [1.54, 1.807) is 0 Å². The second-order valence-electron chi connectivity index (χ2n) is 5.97. The van der Waals surface area contributed by atoms with Crippen LogP contribution in [0.5, 0.6) is 0 Å². The number of aliphatic hydroxyl groups is 1. The van der Waals surface area contributed by atoms with Crippen LogP contribution in [0.4, 0.5) is 0 Å². The van der Waals surface area contributed by atoms with E-state index in [1.165, 1.54) is 4.31 Å². The van der Waals surface area contributed by atoms with E-state index in [9.17, 15) is 13.5 Å². The molecule has 112 valence electrons. The van der Waals surface area contributed by atoms with Crippen LogP contribution in [0, 0.1) is 0 Å². The average molecular weight is 301 g/mol. The van der Waals surface area contributed by atoms with Gasteiger partial charge in [-0.3, -0.25) is 0 Å². The first-order valence-electron chi connectivity index (χ1n) is 6.88. The molecule has 2 aliphatic rings. The van der Waals surface area contributed by atoms with E-state index in [0.717, 1.165) is 12.8 Å². The molecule has 1 atom stereocenters. The molecule has 3 rings (SSSR count). The summed E-state index contributed by atoms with van der Waals surface area (Å²) in [7, 11) is -3.27. The molecule has 0 radical (unpaired) electrons. The first-order chi connectivity index (χ1) is 9.33. The number of rotatable bonds is 4. The maximum atomic E-state index is 12.2. The predicted molar refractivity (Wildman–Crippen MR) is 70.4 cm³/mol. The molecule has 1 saturated carbocycles. The Morgan fingerprint density at radius 1 is 1.45 bits per heavy atom. The lowest BCUT2D eigenvalue weighted by Gasteiger charge is -2.19. The minimum absolute atomic E-state index is 0.00552. The Bertz CT molecular complexity index is 608. The van der Waals surface area contributed by atoms with Gasteiger partial charge in [0.05, 0.1) is 11.8 Å². The monoisotopic (exact) mass is 301 g/mol. The van der Waals surface area contributed by atoms with Crippen LogP contribution >= 0.6 is 0 Å². The van der Waals surface area contributed by atoms with Gasteiger partial charge in [0.15, 0.2) is 11.4 Å². The van der Waals surface area contributed by atoms with Crippen molar-refractivity contribution in [1.29, 1.82) is 0 Å². The van der Waals surface area contributed by atoms with Crippen LogP contribution in [0.15, 0.2) is 4.52 Å². The summed E-state index contributed by atoms with van der Waals surface area (Å²) in [5.41, 5.74) is -1.36. The van der Waals surface area contributed by atoms with Crippen LogP contribution in [0.1, 0.15) is 50.7 Å². The molecule has 1 aliphatic heterocycles. The second-order valence-corrected chi connectivity index (χ2v) is 8.18. The molecule has 0 bridgehead atoms. The summed E-state index contributed by atoms with van der Waals surface area (Å²) in [6.07, 6.45) is 1.73. The van der Waals surface area contributed by atoms with Crippen molar-refractivity contribution in [3.63, 3.8) is 0 Å². The van der Waals surface area contributed by atoms with Gasteiger partial charge < -0.3 is 9.63 Å². The molecule has 2 heterocycles. The van der Waals surface area contributed by atoms with E-state index < -0.39 is 15.6 Å². The van der Waals surface area contributed by atoms with Gasteiger partial charge in [0.25, 0.3) is 5.89 Å². The highest BCUT2D eigenvalue weighted by Gasteiger charge is 2.50. The Morgan fingerprint density at radius 2 is 2.15 bits per heavy atom. The summed E-state index contributed by atoms with van der Waals surface area (Å²) in [5, 5.41) is 14.2. The summed E-state index contributed by atoms with van der Waals surface area (Å²) in [4.78, 5) is 4.19. The smallest absolute Gasteiger partial charge is 0.260 e. The molecule has 1 aliphatic carbocycles. The van der Waals surface area contributed by atoms with E-state index in [2.05, 4.69) is 10.1 Å². The van der Waals surface area contributed by atoms with Gasteiger partial charge in [-0.1, -0.05) is 19.0 Å². The Balaban J connectivity index is 1.80. The van der Waals surface area contributed by atoms with Gasteiger partial charge in [-0.15, -0.1) is 0 Å². The quantitative estimate of drug-likeness (QED) is 0.873. The lowest BCUT2D eigenvalue weighted by molar-refractivity contribution is 0.0194. The highest BCUT2D eigenvalue weighted by atomic mass is 32.2. The summed E-state index contributed by atoms with van der Waals surface area (Å²) < 4.78 is 30.8. The number of hydrogen-bond acceptors (Lipinski definition) is 6. The minimum Gasteiger partial charge on any atom is -0.379 e. The molecule has 1 unspecified atom stereocenters. The van der Waals surface area contributed by atoms with Gasteiger partial charge in [0, 0.05) is 18.9 Å². The predicted octanol–water partition coefficient (Wildman–Crippen LogP) is 0.579. The topological polar surface area (TPSA) is 96.5 Å². The molecule has 1 N–H and O–H groups in total. The van der Waals surface area contributed by atoms with Crippen molar-refractivity contribution >= 4 is 10.0 Å². The van der Waals surface area contributed by atoms with Crippen molar-refractivity contribution < 1.29 is 18.0 Å². The zero-order valence-electron chi connectivity index (χ0n) is 11.6. The molecule has 1 aromatic rings. The van der Waals surface area contributed by atoms with Gasteiger partial charge in [0.2, 0.25) is 10.0 Å². The normalized spacial score (nSPS) is 28.4. The van der Waals surface area contributed by atoms with Crippen LogP contribution in [-0.4, -0.2) is 46.3 Å². The minimum atomic E-state index is -3.27. The van der Waals surface area contributed by atoms with E-state index in [0.29, 0.717) is 18.8 Å². The Kier molecular flexibility index (Phi) is 3.15. The van der Waals surface area contributed by atoms with Gasteiger partial charge in [0.1, 0.15) is 0 Å². The molecule has 0 aromatic carbocycles. The summed E-state index contributed by atoms with van der Waals surface area (Å²) >= 11 is 0. The largest absolute Gasteiger partial charge is 0.379 e. The molecule has 7 nitrogen and oxygen atoms in total. The Morgan fingerprint density at radius 3 is 2.70 bits per heavy atom. The molecule has 20 heavy (non-hydrogen) atoms. The molecule has 8 heteroatoms. The standard InChI is InChI=1S/C12H19N3O4S/c1-8(2)10-13-11(19-14-10)12(16)5-6-15(7-12)20(17,18)9-3-4-9/h8-9,16H,3-7H2,1-2H3. The first-order valence-corrected chi connectivity index (χ1v) is 8.39. The fraction of sp³-hybridized carbons (Fsp3) is 0.833. The van der Waals surface area contributed by atoms with Gasteiger partial charge in [-0.05, 0) is 12.8 Å². The number of sulfonamides is 1. The molecule has 0 amide bonds. The lowest BCUT2D eigenvalue weighted by Crippen LogP contribution is -2.36. The average Bonchev–Trinajstić information content (AvgIpc) is 2.97. The fourth-order valence-electron chi connectivity index (χ4n) is 2.39. The van der Waals surface area contributed by atoms with Crippen molar-refractivity contribution in [3.05, 3.63) is 11.7 Å². The van der Waals surface area contributed by atoms with Crippen LogP contribution < -0.4 is 0 Å².